The summed E-state index contributed by atoms with van der Waals surface area (Å²) in [7, 11) is -3.20. The van der Waals surface area contributed by atoms with Gasteiger partial charge in [-0.25, -0.2) is 8.42 Å². The molecular weight excluding hydrogens is 236 g/mol. The number of anilines is 1. The molecule has 1 fully saturated rings. The van der Waals surface area contributed by atoms with Gasteiger partial charge in [0, 0.05) is 18.3 Å². The van der Waals surface area contributed by atoms with E-state index in [1.54, 1.807) is 28.6 Å². The average molecular weight is 254 g/mol. The minimum Gasteiger partial charge on any atom is -0.399 e. The molecule has 1 aliphatic rings. The van der Waals surface area contributed by atoms with Gasteiger partial charge in [-0.3, -0.25) is 0 Å². The highest BCUT2D eigenvalue weighted by Crippen LogP contribution is 2.30. The fourth-order valence-electron chi connectivity index (χ4n) is 2.02. The average Bonchev–Trinajstić information content (AvgIpc) is 3.01. The second-order valence-electron chi connectivity index (χ2n) is 4.44. The van der Waals surface area contributed by atoms with E-state index in [1.807, 2.05) is 6.92 Å². The van der Waals surface area contributed by atoms with Crippen molar-refractivity contribution in [3.05, 3.63) is 29.8 Å². The summed E-state index contributed by atoms with van der Waals surface area (Å²) in [6.07, 6.45) is 1.98. The first-order chi connectivity index (χ1) is 8.03. The fraction of sp³-hybridized carbons (Fsp3) is 0.500. The van der Waals surface area contributed by atoms with E-state index in [2.05, 4.69) is 0 Å². The van der Waals surface area contributed by atoms with Gasteiger partial charge in [0.1, 0.15) is 0 Å². The molecule has 0 saturated heterocycles. The molecule has 0 heterocycles. The van der Waals surface area contributed by atoms with Crippen LogP contribution in [0.3, 0.4) is 0 Å². The Balaban J connectivity index is 2.16. The Labute approximate surface area is 102 Å². The number of benzene rings is 1. The molecule has 1 aromatic rings. The zero-order valence-corrected chi connectivity index (χ0v) is 10.8. The summed E-state index contributed by atoms with van der Waals surface area (Å²) in [5, 5.41) is 0. The molecule has 1 saturated carbocycles. The standard InChI is InChI=1S/C12H18N2O2S/c1-2-14(12-6-7-12)17(15,16)9-10-4-3-5-11(13)8-10/h3-5,8,12H,2,6-7,9,13H2,1H3. The van der Waals surface area contributed by atoms with Crippen molar-refractivity contribution in [3.8, 4) is 0 Å². The van der Waals surface area contributed by atoms with E-state index in [9.17, 15) is 8.42 Å². The van der Waals surface area contributed by atoms with E-state index in [1.165, 1.54) is 0 Å². The number of nitrogens with zero attached hydrogens (tertiary/aromatic N) is 1. The molecule has 0 spiro atoms. The Bertz CT molecular complexity index is 495. The van der Waals surface area contributed by atoms with Crippen molar-refractivity contribution in [2.75, 3.05) is 12.3 Å². The Kier molecular flexibility index (Phi) is 3.40. The molecule has 1 aliphatic carbocycles. The van der Waals surface area contributed by atoms with Crippen molar-refractivity contribution in [1.82, 2.24) is 4.31 Å². The SMILES string of the molecule is CCN(C1CC1)S(=O)(=O)Cc1cccc(N)c1. The molecule has 4 nitrogen and oxygen atoms in total. The van der Waals surface area contributed by atoms with Crippen molar-refractivity contribution >= 4 is 15.7 Å². The van der Waals surface area contributed by atoms with Crippen LogP contribution in [0.4, 0.5) is 5.69 Å². The number of hydrogen-bond donors (Lipinski definition) is 1. The lowest BCUT2D eigenvalue weighted by Crippen LogP contribution is -2.33. The predicted octanol–water partition coefficient (Wildman–Crippen LogP) is 1.58. The van der Waals surface area contributed by atoms with Gasteiger partial charge in [0.25, 0.3) is 0 Å². The van der Waals surface area contributed by atoms with Crippen LogP contribution in [0.5, 0.6) is 0 Å². The maximum atomic E-state index is 12.2. The van der Waals surface area contributed by atoms with E-state index in [-0.39, 0.29) is 11.8 Å². The molecule has 0 unspecified atom stereocenters. The molecule has 0 amide bonds. The van der Waals surface area contributed by atoms with E-state index < -0.39 is 10.0 Å². The van der Waals surface area contributed by atoms with E-state index in [0.717, 1.165) is 18.4 Å². The molecule has 94 valence electrons. The number of sulfonamides is 1. The second-order valence-corrected chi connectivity index (χ2v) is 6.36. The molecule has 1 aromatic carbocycles. The molecule has 0 bridgehead atoms. The van der Waals surface area contributed by atoms with E-state index in [0.29, 0.717) is 12.2 Å². The lowest BCUT2D eigenvalue weighted by atomic mass is 10.2. The van der Waals surface area contributed by atoms with Crippen molar-refractivity contribution in [2.24, 2.45) is 0 Å². The van der Waals surface area contributed by atoms with Crippen LogP contribution in [-0.2, 0) is 15.8 Å². The van der Waals surface area contributed by atoms with Crippen molar-refractivity contribution in [2.45, 2.75) is 31.6 Å². The van der Waals surface area contributed by atoms with Crippen LogP contribution in [0.15, 0.2) is 24.3 Å². The van der Waals surface area contributed by atoms with Gasteiger partial charge in [-0.15, -0.1) is 0 Å². The largest absolute Gasteiger partial charge is 0.399 e. The minimum absolute atomic E-state index is 0.0440. The first-order valence-corrected chi connectivity index (χ1v) is 7.48. The predicted molar refractivity (Wildman–Crippen MR) is 68.9 cm³/mol. The molecule has 5 heteroatoms. The topological polar surface area (TPSA) is 63.4 Å². The Morgan fingerprint density at radius 1 is 1.41 bits per heavy atom. The molecule has 17 heavy (non-hydrogen) atoms. The molecule has 0 aromatic heterocycles. The van der Waals surface area contributed by atoms with E-state index in [4.69, 9.17) is 5.73 Å². The third-order valence-electron chi connectivity index (χ3n) is 2.92. The van der Waals surface area contributed by atoms with Gasteiger partial charge in [0.05, 0.1) is 5.75 Å². The third-order valence-corrected chi connectivity index (χ3v) is 4.89. The maximum Gasteiger partial charge on any atom is 0.218 e. The number of nitrogen functional groups attached to an aromatic ring is 1. The van der Waals surface area contributed by atoms with Crippen LogP contribution in [0.25, 0.3) is 0 Å². The molecule has 2 rings (SSSR count). The second kappa shape index (κ2) is 4.66. The number of rotatable bonds is 5. The van der Waals surface area contributed by atoms with Crippen molar-refractivity contribution in [1.29, 1.82) is 0 Å². The summed E-state index contributed by atoms with van der Waals surface area (Å²) >= 11 is 0. The fourth-order valence-corrected chi connectivity index (χ4v) is 3.85. The molecule has 0 atom stereocenters. The first kappa shape index (κ1) is 12.4. The van der Waals surface area contributed by atoms with Crippen LogP contribution < -0.4 is 5.73 Å². The Morgan fingerprint density at radius 3 is 2.65 bits per heavy atom. The Morgan fingerprint density at radius 2 is 2.12 bits per heavy atom. The molecular formula is C12H18N2O2S. The summed E-state index contributed by atoms with van der Waals surface area (Å²) in [4.78, 5) is 0. The van der Waals surface area contributed by atoms with Gasteiger partial charge in [-0.2, -0.15) is 4.31 Å². The van der Waals surface area contributed by atoms with E-state index >= 15 is 0 Å². The summed E-state index contributed by atoms with van der Waals surface area (Å²) in [6, 6.07) is 7.29. The molecule has 0 radical (unpaired) electrons. The number of hydrogen-bond acceptors (Lipinski definition) is 3. The summed E-state index contributed by atoms with van der Waals surface area (Å²) in [5.41, 5.74) is 7.01. The van der Waals surface area contributed by atoms with Crippen LogP contribution in [-0.4, -0.2) is 25.3 Å². The lowest BCUT2D eigenvalue weighted by molar-refractivity contribution is 0.420. The Hall–Kier alpha value is -1.07. The molecule has 2 N–H and O–H groups in total. The van der Waals surface area contributed by atoms with Gasteiger partial charge in [0.15, 0.2) is 0 Å². The van der Waals surface area contributed by atoms with Crippen LogP contribution in [0, 0.1) is 0 Å². The maximum absolute atomic E-state index is 12.2. The summed E-state index contributed by atoms with van der Waals surface area (Å²) in [5.74, 6) is 0.0440. The highest BCUT2D eigenvalue weighted by atomic mass is 32.2. The van der Waals surface area contributed by atoms with Gasteiger partial charge < -0.3 is 5.73 Å². The van der Waals surface area contributed by atoms with Crippen LogP contribution in [0.1, 0.15) is 25.3 Å². The highest BCUT2D eigenvalue weighted by molar-refractivity contribution is 7.88. The third kappa shape index (κ3) is 2.98. The number of nitrogens with two attached hydrogens (primary N) is 1. The smallest absolute Gasteiger partial charge is 0.218 e. The zero-order valence-electron chi connectivity index (χ0n) is 9.96. The van der Waals surface area contributed by atoms with Gasteiger partial charge >= 0.3 is 0 Å². The lowest BCUT2D eigenvalue weighted by Gasteiger charge is -2.19. The van der Waals surface area contributed by atoms with Crippen molar-refractivity contribution in [3.63, 3.8) is 0 Å². The monoisotopic (exact) mass is 254 g/mol. The summed E-state index contributed by atoms with van der Waals surface area (Å²) < 4.78 is 26.0. The highest BCUT2D eigenvalue weighted by Gasteiger charge is 2.35. The minimum atomic E-state index is -3.20. The molecule has 0 aliphatic heterocycles. The van der Waals surface area contributed by atoms with Gasteiger partial charge in [-0.1, -0.05) is 19.1 Å². The van der Waals surface area contributed by atoms with Gasteiger partial charge in [-0.05, 0) is 30.5 Å². The van der Waals surface area contributed by atoms with Gasteiger partial charge in [0.2, 0.25) is 10.0 Å². The van der Waals surface area contributed by atoms with Crippen LogP contribution in [0.2, 0.25) is 0 Å². The van der Waals surface area contributed by atoms with Crippen molar-refractivity contribution < 1.29 is 8.42 Å². The first-order valence-electron chi connectivity index (χ1n) is 5.87. The quantitative estimate of drug-likeness (QED) is 0.811. The summed E-state index contributed by atoms with van der Waals surface area (Å²) in [6.45, 7) is 2.44. The normalized spacial score (nSPS) is 16.4. The van der Waals surface area contributed by atoms with Crippen LogP contribution >= 0.6 is 0 Å². The zero-order chi connectivity index (χ0) is 12.5.